The number of Topliss-reactive ketones (excluding diaryl/α,β-unsaturated/α-hetero) is 1. The maximum Gasteiger partial charge on any atom is 0.261 e. The van der Waals surface area contributed by atoms with E-state index in [2.05, 4.69) is 30.3 Å². The first-order valence-electron chi connectivity index (χ1n) is 21.9. The summed E-state index contributed by atoms with van der Waals surface area (Å²) in [6, 6.07) is 9.73. The van der Waals surface area contributed by atoms with Gasteiger partial charge in [0.1, 0.15) is 17.4 Å². The molecule has 4 fully saturated rings. The Hall–Kier alpha value is -3.08. The number of fused-ring (bicyclic) bond motifs is 2. The van der Waals surface area contributed by atoms with Gasteiger partial charge in [0.25, 0.3) is 9.05 Å². The minimum atomic E-state index is -3.83. The summed E-state index contributed by atoms with van der Waals surface area (Å²) in [5, 5.41) is 0. The fraction of sp³-hybridized carbons (Fsp3) is 0.667. The van der Waals surface area contributed by atoms with Crippen LogP contribution in [0.4, 0.5) is 17.6 Å². The fourth-order valence-electron chi connectivity index (χ4n) is 9.13. The van der Waals surface area contributed by atoms with Crippen molar-refractivity contribution in [2.75, 3.05) is 13.1 Å². The van der Waals surface area contributed by atoms with Gasteiger partial charge in [-0.25, -0.2) is 44.4 Å². The zero-order valence-corrected chi connectivity index (χ0v) is 39.0. The van der Waals surface area contributed by atoms with Gasteiger partial charge in [-0.05, 0) is 99.1 Å². The van der Waals surface area contributed by atoms with Crippen LogP contribution in [0, 0.1) is 23.7 Å². The molecule has 0 unspecified atom stereocenters. The molecule has 62 heavy (non-hydrogen) atoms. The smallest absolute Gasteiger partial charge is 0.261 e. The van der Waals surface area contributed by atoms with Crippen LogP contribution in [-0.4, -0.2) is 71.0 Å². The minimum absolute atomic E-state index is 0.00841. The van der Waals surface area contributed by atoms with E-state index in [0.717, 1.165) is 41.9 Å². The number of nitrogens with zero attached hydrogens (tertiary/aromatic N) is 5. The highest BCUT2D eigenvalue weighted by molar-refractivity contribution is 8.13. The van der Waals surface area contributed by atoms with Gasteiger partial charge in [0.2, 0.25) is 21.9 Å². The van der Waals surface area contributed by atoms with Crippen molar-refractivity contribution >= 4 is 57.6 Å². The number of rotatable bonds is 11. The lowest BCUT2D eigenvalue weighted by atomic mass is 9.86. The lowest BCUT2D eigenvalue weighted by Gasteiger charge is -2.38. The molecule has 2 aromatic heterocycles. The molecule has 17 heteroatoms. The second kappa shape index (κ2) is 17.0. The van der Waals surface area contributed by atoms with E-state index < -0.39 is 30.9 Å². The average molecular weight is 927 g/mol. The van der Waals surface area contributed by atoms with Crippen LogP contribution in [0.25, 0.3) is 22.1 Å². The highest BCUT2D eigenvalue weighted by Crippen LogP contribution is 2.41. The van der Waals surface area contributed by atoms with Gasteiger partial charge < -0.3 is 9.13 Å². The van der Waals surface area contributed by atoms with E-state index in [1.54, 1.807) is 18.2 Å². The van der Waals surface area contributed by atoms with Gasteiger partial charge in [-0.2, -0.15) is 4.31 Å². The number of carbonyl (C=O) groups excluding carboxylic acids is 1. The van der Waals surface area contributed by atoms with Crippen molar-refractivity contribution in [3.05, 3.63) is 48.0 Å². The summed E-state index contributed by atoms with van der Waals surface area (Å²) in [5.41, 5.74) is 2.27. The molecule has 8 rings (SSSR count). The molecule has 3 heterocycles. The molecule has 2 aromatic carbocycles. The molecule has 0 N–H and O–H groups in total. The lowest BCUT2D eigenvalue weighted by molar-refractivity contribution is -0.120. The zero-order valence-electron chi connectivity index (χ0n) is 36.6. The van der Waals surface area contributed by atoms with Gasteiger partial charge >= 0.3 is 0 Å². The maximum atomic E-state index is 13.7. The first-order chi connectivity index (χ1) is 28.7. The summed E-state index contributed by atoms with van der Waals surface area (Å²) in [7, 11) is -2.02. The standard InChI is InChI=1S/C27H37F2N3O3S.C18H23ClF2N2O2S/c1-26(2,3)25-30-22-14-21(7-8-23(22)32(25)17-18-10-12-27(28,29)13-11-18)36(34,35)31-15-19(16-31)4-9-24(33)20-5-6-20;1-17(2,3)16-22-14-10-13(26(19,24)25)4-5-15(14)23(16)11-12-6-8-18(20,21)9-7-12/h7-8,14,18-20H,4-6,9-13,15-17H2,1-3H3;4-5,10,12H,6-9,11H2,1-3H3. The number of alkyl halides is 4. The predicted octanol–water partition coefficient (Wildman–Crippen LogP) is 10.6. The van der Waals surface area contributed by atoms with E-state index in [-0.39, 0.29) is 70.0 Å². The average Bonchev–Trinajstić information content (AvgIpc) is 3.85. The van der Waals surface area contributed by atoms with Gasteiger partial charge in [-0.3, -0.25) is 4.79 Å². The zero-order chi connectivity index (χ0) is 45.2. The normalized spacial score (nSPS) is 20.9. The van der Waals surface area contributed by atoms with E-state index in [1.165, 1.54) is 16.4 Å². The third-order valence-corrected chi connectivity index (χ3v) is 16.2. The second-order valence-corrected chi connectivity index (χ2v) is 24.9. The molecule has 4 aromatic rings. The van der Waals surface area contributed by atoms with E-state index in [1.807, 2.05) is 31.4 Å². The van der Waals surface area contributed by atoms with Crippen molar-refractivity contribution in [3.63, 3.8) is 0 Å². The fourth-order valence-corrected chi connectivity index (χ4v) is 11.5. The Morgan fingerprint density at radius 1 is 0.677 bits per heavy atom. The number of ketones is 1. The Kier molecular flexibility index (Phi) is 12.9. The molecule has 1 saturated heterocycles. The van der Waals surface area contributed by atoms with Gasteiger partial charge in [-0.1, -0.05) is 41.5 Å². The SMILES string of the molecule is CC(C)(C)c1nc2cc(S(=O)(=O)Cl)ccc2n1CC1CCC(F)(F)CC1.CC(C)(C)c1nc2cc(S(=O)(=O)N3CC(CCC(=O)C4CC4)C3)ccc2n1CC1CCC(F)(F)CC1. The number of hydrogen-bond donors (Lipinski definition) is 0. The van der Waals surface area contributed by atoms with Crippen molar-refractivity contribution in [1.29, 1.82) is 0 Å². The molecule has 3 aliphatic carbocycles. The van der Waals surface area contributed by atoms with Gasteiger partial charge in [-0.15, -0.1) is 0 Å². The van der Waals surface area contributed by atoms with Crippen molar-refractivity contribution in [2.24, 2.45) is 23.7 Å². The monoisotopic (exact) mass is 925 g/mol. The minimum Gasteiger partial charge on any atom is -0.327 e. The van der Waals surface area contributed by atoms with Crippen molar-refractivity contribution in [1.82, 2.24) is 23.4 Å². The Balaban J connectivity index is 0.000000197. The number of carbonyl (C=O) groups is 1. The van der Waals surface area contributed by atoms with Crippen LogP contribution in [0.5, 0.6) is 0 Å². The predicted molar refractivity (Wildman–Crippen MR) is 233 cm³/mol. The largest absolute Gasteiger partial charge is 0.327 e. The Morgan fingerprint density at radius 3 is 1.50 bits per heavy atom. The first kappa shape index (κ1) is 46.9. The third-order valence-electron chi connectivity index (χ3n) is 13.0. The second-order valence-electron chi connectivity index (χ2n) is 20.4. The Morgan fingerprint density at radius 2 is 1.10 bits per heavy atom. The molecule has 0 bridgehead atoms. The van der Waals surface area contributed by atoms with Gasteiger partial charge in [0.15, 0.2) is 0 Å². The molecule has 10 nitrogen and oxygen atoms in total. The molecule has 0 radical (unpaired) electrons. The van der Waals surface area contributed by atoms with Crippen LogP contribution >= 0.6 is 10.7 Å². The number of hydrogen-bond acceptors (Lipinski definition) is 7. The third kappa shape index (κ3) is 10.7. The lowest BCUT2D eigenvalue weighted by Crippen LogP contribution is -2.49. The van der Waals surface area contributed by atoms with Crippen LogP contribution in [0.1, 0.15) is 130 Å². The Bertz CT molecular complexity index is 2520. The van der Waals surface area contributed by atoms with Gasteiger partial charge in [0, 0.05) is 85.7 Å². The van der Waals surface area contributed by atoms with Crippen molar-refractivity contribution in [3.8, 4) is 0 Å². The molecular formula is C45H60ClF4N5O5S2. The molecule has 3 saturated carbocycles. The van der Waals surface area contributed by atoms with Crippen LogP contribution in [0.2, 0.25) is 0 Å². The van der Waals surface area contributed by atoms with Crippen LogP contribution < -0.4 is 0 Å². The van der Waals surface area contributed by atoms with Crippen LogP contribution in [-0.2, 0) is 47.8 Å². The summed E-state index contributed by atoms with van der Waals surface area (Å²) in [6.07, 6.45) is 4.92. The topological polar surface area (TPSA) is 124 Å². The van der Waals surface area contributed by atoms with E-state index in [9.17, 15) is 39.2 Å². The molecule has 342 valence electrons. The molecular weight excluding hydrogens is 866 g/mol. The van der Waals surface area contributed by atoms with Crippen molar-refractivity contribution < 1.29 is 39.2 Å². The van der Waals surface area contributed by atoms with Crippen molar-refractivity contribution in [2.45, 2.75) is 164 Å². The maximum absolute atomic E-state index is 13.7. The summed E-state index contributed by atoms with van der Waals surface area (Å²) in [4.78, 5) is 21.7. The van der Waals surface area contributed by atoms with Gasteiger partial charge in [0.05, 0.1) is 31.9 Å². The van der Waals surface area contributed by atoms with Crippen LogP contribution in [0.15, 0.2) is 46.2 Å². The summed E-state index contributed by atoms with van der Waals surface area (Å²) < 4.78 is 110. The summed E-state index contributed by atoms with van der Waals surface area (Å²) in [6.45, 7) is 14.4. The highest BCUT2D eigenvalue weighted by atomic mass is 35.7. The number of imidazole rings is 2. The van der Waals surface area contributed by atoms with E-state index in [0.29, 0.717) is 75.1 Å². The number of aromatic nitrogens is 4. The summed E-state index contributed by atoms with van der Waals surface area (Å²) >= 11 is 0. The quantitative estimate of drug-likeness (QED) is 0.108. The Labute approximate surface area is 367 Å². The molecule has 0 atom stereocenters. The molecule has 4 aliphatic rings. The number of benzene rings is 2. The highest BCUT2D eigenvalue weighted by Gasteiger charge is 2.40. The molecule has 1 aliphatic heterocycles. The van der Waals surface area contributed by atoms with Crippen LogP contribution in [0.3, 0.4) is 0 Å². The molecule has 0 amide bonds. The first-order valence-corrected chi connectivity index (χ1v) is 25.7. The number of halogens is 5. The van der Waals surface area contributed by atoms with E-state index >= 15 is 0 Å². The van der Waals surface area contributed by atoms with E-state index in [4.69, 9.17) is 15.7 Å². The molecule has 0 spiro atoms. The number of sulfonamides is 1. The summed E-state index contributed by atoms with van der Waals surface area (Å²) in [5.74, 6) is -2.33.